The van der Waals surface area contributed by atoms with E-state index in [9.17, 15) is 9.90 Å². The van der Waals surface area contributed by atoms with Gasteiger partial charge in [0, 0.05) is 13.1 Å². The molecule has 0 saturated carbocycles. The van der Waals surface area contributed by atoms with Gasteiger partial charge in [0.05, 0.1) is 11.3 Å². The number of para-hydroxylation sites is 1. The Labute approximate surface area is 101 Å². The zero-order chi connectivity index (χ0) is 12.3. The lowest BCUT2D eigenvalue weighted by molar-refractivity contribution is 0.0697. The van der Waals surface area contributed by atoms with Crippen LogP contribution in [-0.2, 0) is 0 Å². The first-order valence-electron chi connectivity index (χ1n) is 5.96. The molecule has 0 radical (unpaired) electrons. The molecular formula is C13H18N2O2. The molecule has 1 aliphatic heterocycles. The minimum absolute atomic E-state index is 0.383. The van der Waals surface area contributed by atoms with Gasteiger partial charge in [-0.1, -0.05) is 12.1 Å². The van der Waals surface area contributed by atoms with Crippen LogP contribution in [0.25, 0.3) is 0 Å². The highest BCUT2D eigenvalue weighted by molar-refractivity contribution is 5.94. The lowest BCUT2D eigenvalue weighted by Gasteiger charge is -2.34. The Morgan fingerprint density at radius 1 is 1.35 bits per heavy atom. The summed E-state index contributed by atoms with van der Waals surface area (Å²) in [5, 5.41) is 12.5. The molecule has 0 unspecified atom stereocenters. The van der Waals surface area contributed by atoms with Gasteiger partial charge in [-0.25, -0.2) is 4.79 Å². The molecule has 1 saturated heterocycles. The van der Waals surface area contributed by atoms with Gasteiger partial charge in [0.1, 0.15) is 0 Å². The first kappa shape index (κ1) is 11.9. The molecule has 0 amide bonds. The van der Waals surface area contributed by atoms with E-state index in [1.165, 1.54) is 0 Å². The van der Waals surface area contributed by atoms with Gasteiger partial charge in [0.25, 0.3) is 0 Å². The van der Waals surface area contributed by atoms with E-state index in [0.29, 0.717) is 11.6 Å². The van der Waals surface area contributed by atoms with E-state index in [-0.39, 0.29) is 0 Å². The Balaban J connectivity index is 2.23. The van der Waals surface area contributed by atoms with Gasteiger partial charge in [0.2, 0.25) is 0 Å². The zero-order valence-corrected chi connectivity index (χ0v) is 10.0. The first-order chi connectivity index (χ1) is 8.20. The topological polar surface area (TPSA) is 52.6 Å². The maximum atomic E-state index is 11.2. The summed E-state index contributed by atoms with van der Waals surface area (Å²) in [6.07, 6.45) is 2.12. The SMILES string of the molecule is CN(c1ccccc1C(=O)O)C1CCNCC1. The van der Waals surface area contributed by atoms with Crippen LogP contribution in [0.2, 0.25) is 0 Å². The number of hydrogen-bond donors (Lipinski definition) is 2. The van der Waals surface area contributed by atoms with Crippen molar-refractivity contribution in [2.75, 3.05) is 25.0 Å². The monoisotopic (exact) mass is 234 g/mol. The van der Waals surface area contributed by atoms with E-state index in [1.807, 2.05) is 19.2 Å². The van der Waals surface area contributed by atoms with E-state index < -0.39 is 5.97 Å². The van der Waals surface area contributed by atoms with Gasteiger partial charge in [-0.05, 0) is 38.1 Å². The summed E-state index contributed by atoms with van der Waals surface area (Å²) < 4.78 is 0. The molecule has 0 bridgehead atoms. The fourth-order valence-electron chi connectivity index (χ4n) is 2.35. The average Bonchev–Trinajstić information content (AvgIpc) is 2.39. The normalized spacial score (nSPS) is 16.8. The Hall–Kier alpha value is -1.55. The quantitative estimate of drug-likeness (QED) is 0.833. The molecule has 0 atom stereocenters. The van der Waals surface area contributed by atoms with Crippen LogP contribution in [0, 0.1) is 0 Å². The third-order valence-corrected chi connectivity index (χ3v) is 3.37. The highest BCUT2D eigenvalue weighted by Gasteiger charge is 2.21. The summed E-state index contributed by atoms with van der Waals surface area (Å²) in [7, 11) is 1.98. The van der Waals surface area contributed by atoms with Crippen LogP contribution in [0.3, 0.4) is 0 Å². The van der Waals surface area contributed by atoms with Crippen molar-refractivity contribution in [3.8, 4) is 0 Å². The molecule has 1 heterocycles. The Morgan fingerprint density at radius 3 is 2.65 bits per heavy atom. The minimum Gasteiger partial charge on any atom is -0.478 e. The lowest BCUT2D eigenvalue weighted by Crippen LogP contribution is -2.41. The summed E-state index contributed by atoms with van der Waals surface area (Å²) in [5.41, 5.74) is 1.19. The van der Waals surface area contributed by atoms with E-state index in [0.717, 1.165) is 31.6 Å². The van der Waals surface area contributed by atoms with Crippen LogP contribution in [0.4, 0.5) is 5.69 Å². The molecule has 0 aromatic heterocycles. The van der Waals surface area contributed by atoms with Gasteiger partial charge in [-0.3, -0.25) is 0 Å². The molecule has 1 fully saturated rings. The molecule has 2 N–H and O–H groups in total. The summed E-state index contributed by atoms with van der Waals surface area (Å²) in [6, 6.07) is 7.63. The Bertz CT molecular complexity index is 400. The molecule has 1 aromatic rings. The van der Waals surface area contributed by atoms with E-state index in [2.05, 4.69) is 10.2 Å². The maximum absolute atomic E-state index is 11.2. The van der Waals surface area contributed by atoms with Crippen molar-refractivity contribution in [3.63, 3.8) is 0 Å². The number of anilines is 1. The second kappa shape index (κ2) is 5.19. The van der Waals surface area contributed by atoms with Crippen molar-refractivity contribution in [1.82, 2.24) is 5.32 Å². The van der Waals surface area contributed by atoms with Gasteiger partial charge in [-0.2, -0.15) is 0 Å². The smallest absolute Gasteiger partial charge is 0.337 e. The van der Waals surface area contributed by atoms with Crippen LogP contribution >= 0.6 is 0 Å². The van der Waals surface area contributed by atoms with Crippen molar-refractivity contribution in [2.24, 2.45) is 0 Å². The Kier molecular flexibility index (Phi) is 3.64. The molecule has 4 nitrogen and oxygen atoms in total. The average molecular weight is 234 g/mol. The third-order valence-electron chi connectivity index (χ3n) is 3.37. The minimum atomic E-state index is -0.860. The number of piperidine rings is 1. The third kappa shape index (κ3) is 2.58. The van der Waals surface area contributed by atoms with Crippen molar-refractivity contribution < 1.29 is 9.90 Å². The van der Waals surface area contributed by atoms with E-state index in [4.69, 9.17) is 0 Å². The summed E-state index contributed by atoms with van der Waals surface area (Å²) in [4.78, 5) is 13.3. The standard InChI is InChI=1S/C13H18N2O2/c1-15(10-6-8-14-9-7-10)12-5-3-2-4-11(12)13(16)17/h2-5,10,14H,6-9H2,1H3,(H,16,17). The predicted molar refractivity (Wildman–Crippen MR) is 67.7 cm³/mol. The van der Waals surface area contributed by atoms with Gasteiger partial charge >= 0.3 is 5.97 Å². The summed E-state index contributed by atoms with van der Waals surface area (Å²) in [5.74, 6) is -0.860. The van der Waals surface area contributed by atoms with Crippen LogP contribution in [0.5, 0.6) is 0 Å². The first-order valence-corrected chi connectivity index (χ1v) is 5.96. The predicted octanol–water partition coefficient (Wildman–Crippen LogP) is 1.57. The van der Waals surface area contributed by atoms with Gasteiger partial charge in [-0.15, -0.1) is 0 Å². The number of carbonyl (C=O) groups is 1. The highest BCUT2D eigenvalue weighted by atomic mass is 16.4. The molecule has 17 heavy (non-hydrogen) atoms. The van der Waals surface area contributed by atoms with E-state index >= 15 is 0 Å². The lowest BCUT2D eigenvalue weighted by atomic mass is 10.0. The van der Waals surface area contributed by atoms with E-state index in [1.54, 1.807) is 12.1 Å². The number of nitrogens with zero attached hydrogens (tertiary/aromatic N) is 1. The van der Waals surface area contributed by atoms with Crippen molar-refractivity contribution in [2.45, 2.75) is 18.9 Å². The number of carboxylic acids is 1. The van der Waals surface area contributed by atoms with Crippen LogP contribution in [0.15, 0.2) is 24.3 Å². The van der Waals surface area contributed by atoms with Gasteiger partial charge < -0.3 is 15.3 Å². The number of rotatable bonds is 3. The molecule has 92 valence electrons. The molecular weight excluding hydrogens is 216 g/mol. The molecule has 2 rings (SSSR count). The van der Waals surface area contributed by atoms with Crippen LogP contribution in [0.1, 0.15) is 23.2 Å². The summed E-state index contributed by atoms with van der Waals surface area (Å²) >= 11 is 0. The molecule has 1 aromatic carbocycles. The summed E-state index contributed by atoms with van der Waals surface area (Å²) in [6.45, 7) is 2.01. The maximum Gasteiger partial charge on any atom is 0.337 e. The number of aromatic carboxylic acids is 1. The van der Waals surface area contributed by atoms with Crippen molar-refractivity contribution in [1.29, 1.82) is 0 Å². The van der Waals surface area contributed by atoms with Crippen molar-refractivity contribution in [3.05, 3.63) is 29.8 Å². The number of hydrogen-bond acceptors (Lipinski definition) is 3. The second-order valence-corrected chi connectivity index (χ2v) is 4.41. The molecule has 0 spiro atoms. The zero-order valence-electron chi connectivity index (χ0n) is 10.0. The fourth-order valence-corrected chi connectivity index (χ4v) is 2.35. The largest absolute Gasteiger partial charge is 0.478 e. The number of nitrogens with one attached hydrogen (secondary N) is 1. The van der Waals surface area contributed by atoms with Crippen molar-refractivity contribution >= 4 is 11.7 Å². The molecule has 1 aliphatic rings. The molecule has 0 aliphatic carbocycles. The Morgan fingerprint density at radius 2 is 2.00 bits per heavy atom. The number of carboxylic acid groups (broad SMARTS) is 1. The van der Waals surface area contributed by atoms with Crippen LogP contribution in [-0.4, -0.2) is 37.3 Å². The number of benzene rings is 1. The van der Waals surface area contributed by atoms with Gasteiger partial charge in [0.15, 0.2) is 0 Å². The molecule has 4 heteroatoms. The highest BCUT2D eigenvalue weighted by Crippen LogP contribution is 2.24. The van der Waals surface area contributed by atoms with Crippen LogP contribution < -0.4 is 10.2 Å². The fraction of sp³-hybridized carbons (Fsp3) is 0.462. The second-order valence-electron chi connectivity index (χ2n) is 4.41.